The zero-order valence-electron chi connectivity index (χ0n) is 19.4. The van der Waals surface area contributed by atoms with Crippen molar-refractivity contribution in [2.45, 2.75) is 13.1 Å². The monoisotopic (exact) mass is 543 g/mol. The quantitative estimate of drug-likeness (QED) is 0.225. The van der Waals surface area contributed by atoms with Crippen LogP contribution in [0.15, 0.2) is 93.9 Å². The highest BCUT2D eigenvalue weighted by atomic mass is 79.9. The molecule has 176 valence electrons. The number of hydrogen-bond donors (Lipinski definition) is 0. The smallest absolute Gasteiger partial charge is 0.167 e. The number of nitrogens with zero attached hydrogens (tertiary/aromatic N) is 3. The third-order valence-electron chi connectivity index (χ3n) is 6.59. The van der Waals surface area contributed by atoms with Gasteiger partial charge in [0, 0.05) is 65.1 Å². The summed E-state index contributed by atoms with van der Waals surface area (Å²) in [7, 11) is 0. The van der Waals surface area contributed by atoms with Gasteiger partial charge in [0.2, 0.25) is 0 Å². The van der Waals surface area contributed by atoms with Crippen molar-refractivity contribution in [3.63, 3.8) is 0 Å². The van der Waals surface area contributed by atoms with Crippen LogP contribution < -0.4 is 0 Å². The van der Waals surface area contributed by atoms with E-state index >= 15 is 0 Å². The number of halogens is 1. The van der Waals surface area contributed by atoms with Crippen LogP contribution in [0.3, 0.4) is 0 Å². The van der Waals surface area contributed by atoms with Crippen molar-refractivity contribution < 1.29 is 4.52 Å². The Balaban J connectivity index is 1.03. The van der Waals surface area contributed by atoms with Crippen LogP contribution in [0, 0.1) is 0 Å². The van der Waals surface area contributed by atoms with Gasteiger partial charge in [-0.1, -0.05) is 69.6 Å². The molecule has 0 amide bonds. The van der Waals surface area contributed by atoms with Gasteiger partial charge in [0.05, 0.1) is 5.69 Å². The molecule has 6 heteroatoms. The van der Waals surface area contributed by atoms with Gasteiger partial charge in [0.15, 0.2) is 5.76 Å². The van der Waals surface area contributed by atoms with Gasteiger partial charge in [-0.15, -0.1) is 11.3 Å². The lowest BCUT2D eigenvalue weighted by molar-refractivity contribution is 0.121. The van der Waals surface area contributed by atoms with Crippen LogP contribution in [-0.2, 0) is 13.1 Å². The van der Waals surface area contributed by atoms with Crippen LogP contribution in [0.1, 0.15) is 10.6 Å². The molecule has 0 radical (unpaired) electrons. The molecule has 0 aliphatic carbocycles. The van der Waals surface area contributed by atoms with Crippen molar-refractivity contribution in [1.29, 1.82) is 0 Å². The predicted octanol–water partition coefficient (Wildman–Crippen LogP) is 7.30. The first kappa shape index (κ1) is 22.7. The second kappa shape index (κ2) is 10.1. The summed E-state index contributed by atoms with van der Waals surface area (Å²) in [6.07, 6.45) is 0. The van der Waals surface area contributed by atoms with E-state index in [1.165, 1.54) is 26.1 Å². The molecule has 1 saturated heterocycles. The van der Waals surface area contributed by atoms with Crippen LogP contribution in [0.25, 0.3) is 32.5 Å². The Morgan fingerprint density at radius 1 is 0.743 bits per heavy atom. The summed E-state index contributed by atoms with van der Waals surface area (Å²) in [5.74, 6) is 0.836. The number of piperazine rings is 1. The van der Waals surface area contributed by atoms with E-state index in [1.807, 2.05) is 11.3 Å². The summed E-state index contributed by atoms with van der Waals surface area (Å²) in [6.45, 7) is 6.07. The molecule has 0 bridgehead atoms. The average Bonchev–Trinajstić information content (AvgIpc) is 3.55. The Kier molecular flexibility index (Phi) is 6.53. The SMILES string of the molecule is Brc1cccc(-c2ccc(CN3CCN(Cc4cc(-c5ccc6ccccc6c5)on4)CC3)s2)c1. The van der Waals surface area contributed by atoms with Gasteiger partial charge < -0.3 is 4.52 Å². The zero-order valence-corrected chi connectivity index (χ0v) is 21.8. The molecule has 2 aromatic heterocycles. The molecular formula is C29H26BrN3OS. The summed E-state index contributed by atoms with van der Waals surface area (Å²) in [4.78, 5) is 7.77. The molecule has 1 aliphatic heterocycles. The number of thiophene rings is 1. The molecular weight excluding hydrogens is 518 g/mol. The third kappa shape index (κ3) is 5.26. The number of hydrogen-bond acceptors (Lipinski definition) is 5. The lowest BCUT2D eigenvalue weighted by Crippen LogP contribution is -2.45. The summed E-state index contributed by atoms with van der Waals surface area (Å²) in [5, 5.41) is 6.81. The molecule has 1 aliphatic rings. The van der Waals surface area contributed by atoms with Gasteiger partial charge in [0.1, 0.15) is 0 Å². The van der Waals surface area contributed by atoms with Crippen molar-refractivity contribution >= 4 is 38.0 Å². The molecule has 4 nitrogen and oxygen atoms in total. The van der Waals surface area contributed by atoms with Gasteiger partial charge in [-0.25, -0.2) is 0 Å². The Morgan fingerprint density at radius 2 is 1.54 bits per heavy atom. The number of fused-ring (bicyclic) bond motifs is 1. The minimum absolute atomic E-state index is 0.830. The number of rotatable bonds is 6. The van der Waals surface area contributed by atoms with Crippen LogP contribution in [-0.4, -0.2) is 41.1 Å². The standard InChI is InChI=1S/C29H26BrN3OS/c30-25-7-3-6-24(17-25)29-11-10-27(35-29)20-33-14-12-32(13-15-33)19-26-18-28(34-31-26)23-9-8-21-4-1-2-5-22(21)16-23/h1-11,16-18H,12-15,19-20H2. The van der Waals surface area contributed by atoms with Crippen LogP contribution in [0.4, 0.5) is 0 Å². The van der Waals surface area contributed by atoms with E-state index in [1.54, 1.807) is 0 Å². The lowest BCUT2D eigenvalue weighted by Gasteiger charge is -2.33. The molecule has 0 saturated carbocycles. The molecule has 6 rings (SSSR count). The van der Waals surface area contributed by atoms with Crippen LogP contribution in [0.5, 0.6) is 0 Å². The fourth-order valence-electron chi connectivity index (χ4n) is 4.68. The van der Waals surface area contributed by atoms with Gasteiger partial charge in [-0.2, -0.15) is 0 Å². The minimum Gasteiger partial charge on any atom is -0.356 e. The van der Waals surface area contributed by atoms with Crippen LogP contribution >= 0.6 is 27.3 Å². The van der Waals surface area contributed by atoms with Crippen LogP contribution in [0.2, 0.25) is 0 Å². The first-order chi connectivity index (χ1) is 17.2. The largest absolute Gasteiger partial charge is 0.356 e. The van der Waals surface area contributed by atoms with Gasteiger partial charge in [-0.3, -0.25) is 9.80 Å². The van der Waals surface area contributed by atoms with Crippen molar-refractivity contribution in [1.82, 2.24) is 15.0 Å². The molecule has 0 spiro atoms. The maximum absolute atomic E-state index is 5.70. The second-order valence-corrected chi connectivity index (χ2v) is 11.2. The molecule has 3 heterocycles. The van der Waals surface area contributed by atoms with Gasteiger partial charge >= 0.3 is 0 Å². The molecule has 3 aromatic carbocycles. The van der Waals surface area contributed by atoms with Gasteiger partial charge in [-0.05, 0) is 46.7 Å². The van der Waals surface area contributed by atoms with E-state index in [0.29, 0.717) is 0 Å². The van der Waals surface area contributed by atoms with Crippen molar-refractivity contribution in [2.24, 2.45) is 0 Å². The predicted molar refractivity (Wildman–Crippen MR) is 147 cm³/mol. The van der Waals surface area contributed by atoms with Gasteiger partial charge in [0.25, 0.3) is 0 Å². The van der Waals surface area contributed by atoms with E-state index in [-0.39, 0.29) is 0 Å². The second-order valence-electron chi connectivity index (χ2n) is 9.07. The molecule has 1 fully saturated rings. The average molecular weight is 545 g/mol. The highest BCUT2D eigenvalue weighted by molar-refractivity contribution is 9.10. The summed E-state index contributed by atoms with van der Waals surface area (Å²) >= 11 is 5.47. The molecule has 5 aromatic rings. The van der Waals surface area contributed by atoms with Crippen molar-refractivity contribution in [2.75, 3.05) is 26.2 Å². The van der Waals surface area contributed by atoms with E-state index in [2.05, 4.69) is 116 Å². The van der Waals surface area contributed by atoms with E-state index in [9.17, 15) is 0 Å². The highest BCUT2D eigenvalue weighted by Crippen LogP contribution is 2.31. The van der Waals surface area contributed by atoms with E-state index in [0.717, 1.165) is 60.8 Å². The third-order valence-corrected chi connectivity index (χ3v) is 8.21. The number of aromatic nitrogens is 1. The Hall–Kier alpha value is -2.77. The number of benzene rings is 3. The fourth-order valence-corrected chi connectivity index (χ4v) is 6.13. The molecule has 0 N–H and O–H groups in total. The molecule has 0 atom stereocenters. The summed E-state index contributed by atoms with van der Waals surface area (Å²) in [6, 6.07) is 29.9. The first-order valence-electron chi connectivity index (χ1n) is 11.9. The zero-order chi connectivity index (χ0) is 23.6. The highest BCUT2D eigenvalue weighted by Gasteiger charge is 2.19. The Morgan fingerprint density at radius 3 is 2.37 bits per heavy atom. The maximum atomic E-state index is 5.70. The minimum atomic E-state index is 0.830. The maximum Gasteiger partial charge on any atom is 0.167 e. The van der Waals surface area contributed by atoms with E-state index in [4.69, 9.17) is 4.52 Å². The fraction of sp³-hybridized carbons (Fsp3) is 0.207. The molecule has 35 heavy (non-hydrogen) atoms. The Bertz CT molecular complexity index is 1450. The van der Waals surface area contributed by atoms with Crippen molar-refractivity contribution in [3.8, 4) is 21.8 Å². The summed E-state index contributed by atoms with van der Waals surface area (Å²) < 4.78 is 6.82. The summed E-state index contributed by atoms with van der Waals surface area (Å²) in [5.41, 5.74) is 3.35. The normalized spacial score (nSPS) is 15.1. The lowest BCUT2D eigenvalue weighted by atomic mass is 10.1. The first-order valence-corrected chi connectivity index (χ1v) is 13.5. The van der Waals surface area contributed by atoms with E-state index < -0.39 is 0 Å². The van der Waals surface area contributed by atoms with Crippen molar-refractivity contribution in [3.05, 3.63) is 100.0 Å². The topological polar surface area (TPSA) is 32.5 Å². The Labute approximate surface area is 217 Å². The molecule has 0 unspecified atom stereocenters.